The number of amidine groups is 1. The van der Waals surface area contributed by atoms with Crippen LogP contribution in [0.1, 0.15) is 18.4 Å². The number of aliphatic imine (C=N–C) groups is 1. The number of nitrogens with zero attached hydrogens (tertiary/aromatic N) is 1. The topological polar surface area (TPSA) is 50.4 Å². The van der Waals surface area contributed by atoms with Crippen molar-refractivity contribution in [3.63, 3.8) is 0 Å². The first-order valence-electron chi connectivity index (χ1n) is 4.71. The van der Waals surface area contributed by atoms with Crippen molar-refractivity contribution in [1.29, 1.82) is 0 Å². The largest absolute Gasteiger partial charge is 0.308 e. The lowest BCUT2D eigenvalue weighted by Crippen LogP contribution is -2.32. The number of rotatable bonds is 2. The summed E-state index contributed by atoms with van der Waals surface area (Å²) in [5, 5.41) is 0. The Morgan fingerprint density at radius 2 is 2.13 bits per heavy atom. The quantitative estimate of drug-likeness (QED) is 0.335. The van der Waals surface area contributed by atoms with Gasteiger partial charge in [0, 0.05) is 0 Å². The molecule has 0 radical (unpaired) electrons. The predicted octanol–water partition coefficient (Wildman–Crippen LogP) is 1.34. The molecule has 0 amide bonds. The number of hydrogen-bond donors (Lipinski definition) is 2. The van der Waals surface area contributed by atoms with E-state index in [0.717, 1.165) is 18.9 Å². The van der Waals surface area contributed by atoms with Gasteiger partial charge in [-0.25, -0.2) is 14.6 Å². The average Bonchev–Trinajstić information content (AvgIpc) is 3.03. The van der Waals surface area contributed by atoms with Gasteiger partial charge in [-0.3, -0.25) is 4.99 Å². The highest BCUT2D eigenvalue weighted by Gasteiger charge is 2.22. The van der Waals surface area contributed by atoms with Crippen molar-refractivity contribution in [2.75, 3.05) is 0 Å². The van der Waals surface area contributed by atoms with Gasteiger partial charge in [-0.1, -0.05) is 6.07 Å². The molecular formula is C10H11F2N3. The minimum atomic E-state index is -0.921. The Hall–Kier alpha value is -1.49. The standard InChI is InChI=1S/C10H11F2N3/c11-8-3-1-2-7(9(8)12)10(15-13)14-6-4-5-6/h1-3,6H,4-5,13H2,(H,14,15). The molecule has 15 heavy (non-hydrogen) atoms. The van der Waals surface area contributed by atoms with E-state index in [0.29, 0.717) is 0 Å². The Balaban J connectivity index is 2.37. The number of nitrogens with two attached hydrogens (primary N) is 1. The summed E-state index contributed by atoms with van der Waals surface area (Å²) in [6.45, 7) is 0. The minimum absolute atomic E-state index is 0.0735. The third kappa shape index (κ3) is 2.12. The predicted molar refractivity (Wildman–Crippen MR) is 53.2 cm³/mol. The van der Waals surface area contributed by atoms with Crippen LogP contribution in [0.15, 0.2) is 23.2 Å². The molecule has 80 valence electrons. The highest BCUT2D eigenvalue weighted by atomic mass is 19.2. The fourth-order valence-electron chi connectivity index (χ4n) is 1.26. The Morgan fingerprint density at radius 3 is 2.73 bits per heavy atom. The lowest BCUT2D eigenvalue weighted by Gasteiger charge is -2.06. The van der Waals surface area contributed by atoms with Gasteiger partial charge in [-0.15, -0.1) is 0 Å². The summed E-state index contributed by atoms with van der Waals surface area (Å²) >= 11 is 0. The molecule has 0 bridgehead atoms. The number of hydrogen-bond acceptors (Lipinski definition) is 2. The van der Waals surface area contributed by atoms with Gasteiger partial charge in [0.1, 0.15) is 5.84 Å². The molecule has 3 nitrogen and oxygen atoms in total. The van der Waals surface area contributed by atoms with Crippen LogP contribution in [0.4, 0.5) is 8.78 Å². The van der Waals surface area contributed by atoms with E-state index in [-0.39, 0.29) is 17.4 Å². The second-order valence-electron chi connectivity index (χ2n) is 3.45. The lowest BCUT2D eigenvalue weighted by molar-refractivity contribution is 0.506. The lowest BCUT2D eigenvalue weighted by atomic mass is 10.2. The highest BCUT2D eigenvalue weighted by molar-refractivity contribution is 5.98. The first-order chi connectivity index (χ1) is 7.22. The summed E-state index contributed by atoms with van der Waals surface area (Å²) in [4.78, 5) is 4.15. The SMILES string of the molecule is NNC(=NC1CC1)c1cccc(F)c1F. The van der Waals surface area contributed by atoms with Gasteiger partial charge in [0.25, 0.3) is 0 Å². The van der Waals surface area contributed by atoms with Crippen LogP contribution in [0.25, 0.3) is 0 Å². The van der Waals surface area contributed by atoms with Gasteiger partial charge >= 0.3 is 0 Å². The normalized spacial score (nSPS) is 16.6. The van der Waals surface area contributed by atoms with Crippen LogP contribution in [0.5, 0.6) is 0 Å². The maximum absolute atomic E-state index is 13.4. The van der Waals surface area contributed by atoms with E-state index >= 15 is 0 Å². The third-order valence-electron chi connectivity index (χ3n) is 2.20. The molecule has 0 heterocycles. The van der Waals surface area contributed by atoms with E-state index in [4.69, 9.17) is 5.84 Å². The van der Waals surface area contributed by atoms with Crippen molar-refractivity contribution in [1.82, 2.24) is 5.43 Å². The Kier molecular flexibility index (Phi) is 2.64. The number of halogens is 2. The van der Waals surface area contributed by atoms with E-state index in [1.807, 2.05) is 0 Å². The zero-order valence-corrected chi connectivity index (χ0v) is 8.00. The van der Waals surface area contributed by atoms with Crippen molar-refractivity contribution < 1.29 is 8.78 Å². The summed E-state index contributed by atoms with van der Waals surface area (Å²) in [7, 11) is 0. The van der Waals surface area contributed by atoms with Crippen LogP contribution in [0.3, 0.4) is 0 Å². The van der Waals surface area contributed by atoms with E-state index in [2.05, 4.69) is 10.4 Å². The maximum Gasteiger partial charge on any atom is 0.169 e. The molecule has 1 saturated carbocycles. The van der Waals surface area contributed by atoms with Crippen LogP contribution >= 0.6 is 0 Å². The molecule has 0 unspecified atom stereocenters. The molecule has 1 fully saturated rings. The fraction of sp³-hybridized carbons (Fsp3) is 0.300. The second kappa shape index (κ2) is 3.94. The molecule has 3 N–H and O–H groups in total. The second-order valence-corrected chi connectivity index (χ2v) is 3.45. The number of nitrogens with one attached hydrogen (secondary N) is 1. The van der Waals surface area contributed by atoms with Crippen LogP contribution in [0, 0.1) is 11.6 Å². The fourth-order valence-corrected chi connectivity index (χ4v) is 1.26. The maximum atomic E-state index is 13.4. The Morgan fingerprint density at radius 1 is 1.40 bits per heavy atom. The van der Waals surface area contributed by atoms with Gasteiger partial charge < -0.3 is 5.43 Å². The van der Waals surface area contributed by atoms with Crippen LogP contribution in [-0.4, -0.2) is 11.9 Å². The minimum Gasteiger partial charge on any atom is -0.308 e. The highest BCUT2D eigenvalue weighted by Crippen LogP contribution is 2.24. The van der Waals surface area contributed by atoms with Crippen molar-refractivity contribution in [2.24, 2.45) is 10.8 Å². The molecule has 5 heteroatoms. The molecule has 0 saturated heterocycles. The smallest absolute Gasteiger partial charge is 0.169 e. The molecule has 1 aliphatic rings. The zero-order chi connectivity index (χ0) is 10.8. The van der Waals surface area contributed by atoms with Gasteiger partial charge in [0.2, 0.25) is 0 Å². The summed E-state index contributed by atoms with van der Waals surface area (Å²) in [6, 6.07) is 4.12. The molecule has 0 spiro atoms. The van der Waals surface area contributed by atoms with Crippen LogP contribution in [0.2, 0.25) is 0 Å². The molecule has 1 aliphatic carbocycles. The summed E-state index contributed by atoms with van der Waals surface area (Å²) in [5.41, 5.74) is 2.37. The number of benzene rings is 1. The summed E-state index contributed by atoms with van der Waals surface area (Å²) < 4.78 is 26.3. The molecule has 0 aliphatic heterocycles. The van der Waals surface area contributed by atoms with Gasteiger partial charge in [-0.2, -0.15) is 0 Å². The van der Waals surface area contributed by atoms with Crippen molar-refractivity contribution >= 4 is 5.84 Å². The summed E-state index contributed by atoms with van der Waals surface area (Å²) in [6.07, 6.45) is 1.95. The van der Waals surface area contributed by atoms with Crippen molar-refractivity contribution in [2.45, 2.75) is 18.9 Å². The third-order valence-corrected chi connectivity index (χ3v) is 2.20. The first-order valence-corrected chi connectivity index (χ1v) is 4.71. The Bertz CT molecular complexity index is 400. The average molecular weight is 211 g/mol. The van der Waals surface area contributed by atoms with E-state index in [1.165, 1.54) is 12.1 Å². The van der Waals surface area contributed by atoms with Crippen molar-refractivity contribution in [3.05, 3.63) is 35.4 Å². The summed E-state index contributed by atoms with van der Waals surface area (Å²) in [5.74, 6) is 3.61. The van der Waals surface area contributed by atoms with Crippen molar-refractivity contribution in [3.8, 4) is 0 Å². The van der Waals surface area contributed by atoms with Gasteiger partial charge in [0.15, 0.2) is 11.6 Å². The van der Waals surface area contributed by atoms with E-state index in [1.54, 1.807) is 0 Å². The molecule has 0 aromatic heterocycles. The van der Waals surface area contributed by atoms with Crippen LogP contribution in [-0.2, 0) is 0 Å². The van der Waals surface area contributed by atoms with Crippen LogP contribution < -0.4 is 11.3 Å². The first kappa shape index (κ1) is 10.0. The number of hydrazine groups is 1. The molecule has 1 aromatic carbocycles. The van der Waals surface area contributed by atoms with Gasteiger partial charge in [-0.05, 0) is 25.0 Å². The molecular weight excluding hydrogens is 200 g/mol. The monoisotopic (exact) mass is 211 g/mol. The van der Waals surface area contributed by atoms with E-state index in [9.17, 15) is 8.78 Å². The molecule has 0 atom stereocenters. The Labute approximate surface area is 86.0 Å². The molecule has 2 rings (SSSR count). The zero-order valence-electron chi connectivity index (χ0n) is 8.00. The van der Waals surface area contributed by atoms with Gasteiger partial charge in [0.05, 0.1) is 11.6 Å². The molecule has 1 aromatic rings. The van der Waals surface area contributed by atoms with E-state index < -0.39 is 11.6 Å².